The molecule has 0 unspecified atom stereocenters. The van der Waals surface area contributed by atoms with Gasteiger partial charge in [-0.15, -0.1) is 0 Å². The largest absolute Gasteiger partial charge is 0.489 e. The molecule has 3 aliphatic rings. The van der Waals surface area contributed by atoms with Crippen molar-refractivity contribution in [2.75, 3.05) is 13.1 Å². The van der Waals surface area contributed by atoms with Crippen LogP contribution in [-0.2, 0) is 29.3 Å². The lowest BCUT2D eigenvalue weighted by atomic mass is 9.89. The molecule has 3 aliphatic heterocycles. The summed E-state index contributed by atoms with van der Waals surface area (Å²) in [7, 11) is 0. The molecule has 220 valence electrons. The van der Waals surface area contributed by atoms with Crippen molar-refractivity contribution in [1.29, 1.82) is 0 Å². The number of piperidine rings is 2. The predicted molar refractivity (Wildman–Crippen MR) is 150 cm³/mol. The van der Waals surface area contributed by atoms with E-state index in [-0.39, 0.29) is 36.2 Å². The monoisotopic (exact) mass is 577 g/mol. The molecule has 42 heavy (non-hydrogen) atoms. The third-order valence-corrected chi connectivity index (χ3v) is 8.35. The van der Waals surface area contributed by atoms with Gasteiger partial charge in [0.05, 0.1) is 6.54 Å². The standard InChI is InChI=1S/C32H31F2N3O4.H2O/c33-23-8-9-24(27(34)16-23)22-12-14-36(15-13-22)17-20-4-6-21(7-5-20)19-41-29-3-1-2-25-26(29)18-37(32(25)40)28-10-11-30(38)35-31(28)39;/h1-9,16,22,28H,10-15,17-19H2,(H,35,38,39);1H2/t28-;/m0./s1. The van der Waals surface area contributed by atoms with E-state index in [9.17, 15) is 23.2 Å². The predicted octanol–water partition coefficient (Wildman–Crippen LogP) is 3.86. The third-order valence-electron chi connectivity index (χ3n) is 8.35. The second kappa shape index (κ2) is 12.4. The molecule has 0 bridgehead atoms. The zero-order valence-electron chi connectivity index (χ0n) is 23.1. The zero-order chi connectivity index (χ0) is 28.5. The zero-order valence-corrected chi connectivity index (χ0v) is 23.1. The molecule has 0 saturated carbocycles. The first kappa shape index (κ1) is 29.3. The molecule has 3 aromatic carbocycles. The van der Waals surface area contributed by atoms with E-state index >= 15 is 0 Å². The maximum atomic E-state index is 14.2. The number of rotatable bonds is 7. The van der Waals surface area contributed by atoms with Crippen molar-refractivity contribution >= 4 is 17.7 Å². The van der Waals surface area contributed by atoms with Gasteiger partial charge in [-0.3, -0.25) is 24.6 Å². The van der Waals surface area contributed by atoms with Gasteiger partial charge in [0.1, 0.15) is 30.0 Å². The number of nitrogens with zero attached hydrogens (tertiary/aromatic N) is 2. The molecule has 0 radical (unpaired) electrons. The minimum absolute atomic E-state index is 0. The molecule has 1 atom stereocenters. The number of ether oxygens (including phenoxy) is 1. The van der Waals surface area contributed by atoms with Gasteiger partial charge >= 0.3 is 0 Å². The summed E-state index contributed by atoms with van der Waals surface area (Å²) in [5, 5.41) is 2.33. The molecular weight excluding hydrogens is 544 g/mol. The Bertz CT molecular complexity index is 1490. The van der Waals surface area contributed by atoms with Crippen molar-refractivity contribution < 1.29 is 33.4 Å². The van der Waals surface area contributed by atoms with Crippen LogP contribution in [0.5, 0.6) is 5.75 Å². The van der Waals surface area contributed by atoms with E-state index in [4.69, 9.17) is 4.74 Å². The van der Waals surface area contributed by atoms with Gasteiger partial charge in [0, 0.05) is 30.2 Å². The fourth-order valence-corrected chi connectivity index (χ4v) is 6.09. The Morgan fingerprint density at radius 2 is 1.64 bits per heavy atom. The Kier molecular flexibility index (Phi) is 8.65. The summed E-state index contributed by atoms with van der Waals surface area (Å²) in [6.45, 7) is 3.09. The van der Waals surface area contributed by atoms with Crippen molar-refractivity contribution in [1.82, 2.24) is 15.1 Å². The second-order valence-corrected chi connectivity index (χ2v) is 11.0. The van der Waals surface area contributed by atoms with Crippen LogP contribution < -0.4 is 10.1 Å². The summed E-state index contributed by atoms with van der Waals surface area (Å²) in [6.07, 6.45) is 2.20. The quantitative estimate of drug-likeness (QED) is 0.429. The fourth-order valence-electron chi connectivity index (χ4n) is 6.09. The van der Waals surface area contributed by atoms with Crippen LogP contribution in [0.3, 0.4) is 0 Å². The summed E-state index contributed by atoms with van der Waals surface area (Å²) in [6, 6.07) is 16.8. The molecule has 3 aromatic rings. The van der Waals surface area contributed by atoms with Gasteiger partial charge in [0.2, 0.25) is 11.8 Å². The Hall–Kier alpha value is -4.15. The number of nitrogens with one attached hydrogen (secondary N) is 1. The lowest BCUT2D eigenvalue weighted by Gasteiger charge is -2.32. The Labute approximate surface area is 242 Å². The highest BCUT2D eigenvalue weighted by atomic mass is 19.1. The van der Waals surface area contributed by atoms with E-state index in [1.54, 1.807) is 18.2 Å². The first-order valence-corrected chi connectivity index (χ1v) is 14.0. The van der Waals surface area contributed by atoms with E-state index in [1.165, 1.54) is 16.5 Å². The van der Waals surface area contributed by atoms with Crippen LogP contribution in [0.15, 0.2) is 60.7 Å². The lowest BCUT2D eigenvalue weighted by Crippen LogP contribution is -2.52. The third kappa shape index (κ3) is 6.05. The van der Waals surface area contributed by atoms with Gasteiger partial charge in [-0.25, -0.2) is 8.78 Å². The second-order valence-electron chi connectivity index (χ2n) is 11.0. The molecule has 3 N–H and O–H groups in total. The van der Waals surface area contributed by atoms with Crippen LogP contribution in [0, 0.1) is 11.6 Å². The average molecular weight is 578 g/mol. The smallest absolute Gasteiger partial charge is 0.255 e. The lowest BCUT2D eigenvalue weighted by molar-refractivity contribution is -0.136. The number of likely N-dealkylation sites (tertiary alicyclic amines) is 1. The van der Waals surface area contributed by atoms with Crippen molar-refractivity contribution in [3.05, 3.63) is 100 Å². The molecule has 0 aromatic heterocycles. The summed E-state index contributed by atoms with van der Waals surface area (Å²) in [5.41, 5.74) is 4.04. The van der Waals surface area contributed by atoms with Gasteiger partial charge < -0.3 is 15.1 Å². The first-order chi connectivity index (χ1) is 19.9. The fraction of sp³-hybridized carbons (Fsp3) is 0.344. The molecular formula is C32H33F2N3O5. The van der Waals surface area contributed by atoms with E-state index in [0.29, 0.717) is 29.9 Å². The number of fused-ring (bicyclic) bond motifs is 1. The topological polar surface area (TPSA) is 110 Å². The molecule has 2 fully saturated rings. The van der Waals surface area contributed by atoms with Crippen molar-refractivity contribution in [2.24, 2.45) is 0 Å². The number of halogens is 2. The summed E-state index contributed by atoms with van der Waals surface area (Å²) >= 11 is 0. The Morgan fingerprint density at radius 3 is 2.36 bits per heavy atom. The van der Waals surface area contributed by atoms with Gasteiger partial charge in [-0.2, -0.15) is 0 Å². The van der Waals surface area contributed by atoms with Crippen LogP contribution in [0.25, 0.3) is 0 Å². The minimum atomic E-state index is -0.664. The molecule has 0 aliphatic carbocycles. The van der Waals surface area contributed by atoms with Crippen molar-refractivity contribution in [3.63, 3.8) is 0 Å². The van der Waals surface area contributed by atoms with Gasteiger partial charge in [0.25, 0.3) is 5.91 Å². The first-order valence-electron chi connectivity index (χ1n) is 14.0. The summed E-state index contributed by atoms with van der Waals surface area (Å²) < 4.78 is 33.6. The van der Waals surface area contributed by atoms with Gasteiger partial charge in [-0.1, -0.05) is 36.4 Å². The number of benzene rings is 3. The number of hydrogen-bond donors (Lipinski definition) is 1. The minimum Gasteiger partial charge on any atom is -0.489 e. The molecule has 10 heteroatoms. The van der Waals surface area contributed by atoms with Gasteiger partial charge in [0.15, 0.2) is 0 Å². The van der Waals surface area contributed by atoms with E-state index < -0.39 is 23.6 Å². The molecule has 8 nitrogen and oxygen atoms in total. The highest BCUT2D eigenvalue weighted by molar-refractivity contribution is 6.05. The van der Waals surface area contributed by atoms with Crippen LogP contribution in [0.1, 0.15) is 64.2 Å². The number of hydrogen-bond acceptors (Lipinski definition) is 5. The van der Waals surface area contributed by atoms with Crippen LogP contribution in [0.4, 0.5) is 8.78 Å². The normalized spacial score (nSPS) is 19.3. The van der Waals surface area contributed by atoms with Crippen LogP contribution in [-0.4, -0.2) is 52.1 Å². The maximum absolute atomic E-state index is 14.2. The Morgan fingerprint density at radius 1 is 0.905 bits per heavy atom. The van der Waals surface area contributed by atoms with Crippen molar-refractivity contribution in [2.45, 2.75) is 57.3 Å². The van der Waals surface area contributed by atoms with E-state index in [2.05, 4.69) is 22.3 Å². The summed E-state index contributed by atoms with van der Waals surface area (Å²) in [4.78, 5) is 40.8. The van der Waals surface area contributed by atoms with Gasteiger partial charge in [-0.05, 0) is 73.2 Å². The maximum Gasteiger partial charge on any atom is 0.255 e. The summed E-state index contributed by atoms with van der Waals surface area (Å²) in [5.74, 6) is -1.26. The van der Waals surface area contributed by atoms with E-state index in [0.717, 1.165) is 49.7 Å². The number of amides is 3. The van der Waals surface area contributed by atoms with Crippen LogP contribution in [0.2, 0.25) is 0 Å². The molecule has 3 amide bonds. The number of imide groups is 1. The SMILES string of the molecule is O.O=C1CC[C@H](N2Cc3c(OCc4ccc(CN5CCC(c6ccc(F)cc6F)CC5)cc4)cccc3C2=O)C(=O)N1. The van der Waals surface area contributed by atoms with Crippen molar-refractivity contribution in [3.8, 4) is 5.75 Å². The molecule has 2 saturated heterocycles. The molecule has 3 heterocycles. The highest BCUT2D eigenvalue weighted by Crippen LogP contribution is 2.34. The van der Waals surface area contributed by atoms with E-state index in [1.807, 2.05) is 18.2 Å². The number of carbonyl (C=O) groups excluding carboxylic acids is 3. The highest BCUT2D eigenvalue weighted by Gasteiger charge is 2.40. The molecule has 0 spiro atoms. The van der Waals surface area contributed by atoms with Crippen LogP contribution >= 0.6 is 0 Å². The average Bonchev–Trinajstić information content (AvgIpc) is 3.30. The number of carbonyl (C=O) groups is 3. The molecule has 6 rings (SSSR count). The Balaban J connectivity index is 0.00000353.